The maximum atomic E-state index is 14.1. The second-order valence-corrected chi connectivity index (χ2v) is 7.18. The minimum atomic E-state index is -1.14. The van der Waals surface area contributed by atoms with Gasteiger partial charge in [-0.1, -0.05) is 0 Å². The number of nitrogens with zero attached hydrogens (tertiary/aromatic N) is 4. The van der Waals surface area contributed by atoms with Crippen molar-refractivity contribution in [2.24, 2.45) is 0 Å². The molecule has 0 bridgehead atoms. The van der Waals surface area contributed by atoms with E-state index in [2.05, 4.69) is 0 Å². The summed E-state index contributed by atoms with van der Waals surface area (Å²) in [4.78, 5) is 52.8. The van der Waals surface area contributed by atoms with E-state index in [0.717, 1.165) is 17.2 Å². The third kappa shape index (κ3) is 3.80. The summed E-state index contributed by atoms with van der Waals surface area (Å²) >= 11 is 0. The van der Waals surface area contributed by atoms with Crippen LogP contribution in [0.3, 0.4) is 0 Å². The van der Waals surface area contributed by atoms with E-state index in [1.807, 2.05) is 0 Å². The molecule has 2 saturated heterocycles. The van der Waals surface area contributed by atoms with Crippen LogP contribution in [-0.4, -0.2) is 63.5 Å². The molecule has 2 aromatic rings. The topological polar surface area (TPSA) is 107 Å². The Hall–Kier alpha value is -3.21. The van der Waals surface area contributed by atoms with Gasteiger partial charge >= 0.3 is 5.69 Å². The number of hydrogen-bond donors (Lipinski definition) is 0. The number of carbonyl (C=O) groups excluding carboxylic acids is 2. The highest BCUT2D eigenvalue weighted by Gasteiger charge is 2.28. The van der Waals surface area contributed by atoms with Crippen molar-refractivity contribution in [3.05, 3.63) is 57.0 Å². The summed E-state index contributed by atoms with van der Waals surface area (Å²) in [5.74, 6) is -1.67. The molecule has 2 aromatic heterocycles. The molecule has 0 unspecified atom stereocenters. The lowest BCUT2D eigenvalue weighted by molar-refractivity contribution is -0.133. The van der Waals surface area contributed by atoms with E-state index in [-0.39, 0.29) is 37.8 Å². The summed E-state index contributed by atoms with van der Waals surface area (Å²) in [6.07, 6.45) is 2.84. The molecule has 2 aliphatic rings. The fraction of sp³-hybridized carbons (Fsp3) is 0.474. The number of ether oxygens (including phenoxy) is 1. The normalized spacial score (nSPS) is 19.3. The molecule has 0 saturated carbocycles. The lowest BCUT2D eigenvalue weighted by Crippen LogP contribution is -2.53. The quantitative estimate of drug-likeness (QED) is 0.691. The van der Waals surface area contributed by atoms with Crippen LogP contribution in [-0.2, 0) is 16.1 Å². The van der Waals surface area contributed by atoms with Crippen LogP contribution in [0.25, 0.3) is 0 Å². The highest BCUT2D eigenvalue weighted by molar-refractivity contribution is 5.91. The minimum absolute atomic E-state index is 0.218. The summed E-state index contributed by atoms with van der Waals surface area (Å²) in [7, 11) is 0. The highest BCUT2D eigenvalue weighted by Crippen LogP contribution is 2.20. The molecule has 0 N–H and O–H groups in total. The molecular formula is C19H21FN4O6. The summed E-state index contributed by atoms with van der Waals surface area (Å²) in [6.45, 7) is 0.892. The molecule has 0 spiro atoms. The number of aromatic nitrogens is 2. The van der Waals surface area contributed by atoms with Crippen LogP contribution in [0.2, 0.25) is 0 Å². The molecule has 1 atom stereocenters. The Morgan fingerprint density at radius 1 is 1.13 bits per heavy atom. The van der Waals surface area contributed by atoms with Crippen LogP contribution in [0.5, 0.6) is 0 Å². The maximum absolute atomic E-state index is 14.1. The standard InChI is InChI=1S/C19H21FN4O6/c20-13-11-23(16-4-2-10-30-16)19(28)24(17(13)26)12-15(25)21-5-7-22(8-6-21)18(27)14-3-1-9-29-14/h1,3,9,11,16H,2,4-8,10,12H2/t16-/m0/s1. The van der Waals surface area contributed by atoms with E-state index in [9.17, 15) is 23.6 Å². The molecule has 4 rings (SSSR count). The smallest absolute Gasteiger partial charge is 0.333 e. The molecule has 2 amide bonds. The summed E-state index contributed by atoms with van der Waals surface area (Å²) in [5, 5.41) is 0. The van der Waals surface area contributed by atoms with Crippen LogP contribution in [0, 0.1) is 5.82 Å². The van der Waals surface area contributed by atoms with Gasteiger partial charge in [0.2, 0.25) is 11.7 Å². The molecule has 160 valence electrons. The van der Waals surface area contributed by atoms with Gasteiger partial charge in [-0.3, -0.25) is 19.0 Å². The number of hydrogen-bond acceptors (Lipinski definition) is 6. The SMILES string of the molecule is O=C(Cn1c(=O)c(F)cn([C@@H]2CCCO2)c1=O)N1CCN(C(=O)c2ccco2)CC1. The van der Waals surface area contributed by atoms with Crippen LogP contribution >= 0.6 is 0 Å². The third-order valence-corrected chi connectivity index (χ3v) is 5.31. The Kier molecular flexibility index (Phi) is 5.53. The molecule has 2 fully saturated rings. The van der Waals surface area contributed by atoms with Crippen LogP contribution in [0.1, 0.15) is 29.6 Å². The predicted octanol–water partition coefficient (Wildman–Crippen LogP) is 0.0357. The largest absolute Gasteiger partial charge is 0.459 e. The van der Waals surface area contributed by atoms with Gasteiger partial charge in [-0.2, -0.15) is 4.39 Å². The monoisotopic (exact) mass is 420 g/mol. The highest BCUT2D eigenvalue weighted by atomic mass is 19.1. The van der Waals surface area contributed by atoms with Gasteiger partial charge in [-0.25, -0.2) is 9.36 Å². The van der Waals surface area contributed by atoms with Gasteiger partial charge in [-0.15, -0.1) is 0 Å². The van der Waals surface area contributed by atoms with Gasteiger partial charge in [0.25, 0.3) is 11.5 Å². The van der Waals surface area contributed by atoms with Crippen LogP contribution < -0.4 is 11.2 Å². The number of halogens is 1. The molecular weight excluding hydrogens is 399 g/mol. The first kappa shape index (κ1) is 20.1. The Morgan fingerprint density at radius 3 is 2.50 bits per heavy atom. The van der Waals surface area contributed by atoms with Crippen molar-refractivity contribution in [3.63, 3.8) is 0 Å². The van der Waals surface area contributed by atoms with E-state index >= 15 is 0 Å². The number of carbonyl (C=O) groups is 2. The van der Waals surface area contributed by atoms with Crippen molar-refractivity contribution in [3.8, 4) is 0 Å². The second kappa shape index (κ2) is 8.27. The third-order valence-electron chi connectivity index (χ3n) is 5.31. The van der Waals surface area contributed by atoms with Gasteiger partial charge in [0.1, 0.15) is 12.8 Å². The molecule has 10 nitrogen and oxygen atoms in total. The van der Waals surface area contributed by atoms with Crippen LogP contribution in [0.4, 0.5) is 4.39 Å². The van der Waals surface area contributed by atoms with Crippen molar-refractivity contribution >= 4 is 11.8 Å². The first-order valence-corrected chi connectivity index (χ1v) is 9.69. The second-order valence-electron chi connectivity index (χ2n) is 7.18. The van der Waals surface area contributed by atoms with E-state index < -0.39 is 35.7 Å². The summed E-state index contributed by atoms with van der Waals surface area (Å²) in [5.41, 5.74) is -1.93. The van der Waals surface area contributed by atoms with E-state index in [1.165, 1.54) is 11.2 Å². The number of rotatable bonds is 4. The number of furan rings is 1. The van der Waals surface area contributed by atoms with Gasteiger partial charge in [0.05, 0.1) is 12.5 Å². The first-order valence-electron chi connectivity index (χ1n) is 9.69. The predicted molar refractivity (Wildman–Crippen MR) is 100 cm³/mol. The van der Waals surface area contributed by atoms with Crippen molar-refractivity contribution in [2.75, 3.05) is 32.8 Å². The lowest BCUT2D eigenvalue weighted by atomic mass is 10.2. The zero-order valence-corrected chi connectivity index (χ0v) is 16.2. The van der Waals surface area contributed by atoms with E-state index in [4.69, 9.17) is 9.15 Å². The zero-order valence-electron chi connectivity index (χ0n) is 16.2. The van der Waals surface area contributed by atoms with Gasteiger partial charge in [-0.05, 0) is 25.0 Å². The van der Waals surface area contributed by atoms with Gasteiger partial charge in [0, 0.05) is 32.8 Å². The van der Waals surface area contributed by atoms with Crippen molar-refractivity contribution in [1.82, 2.24) is 18.9 Å². The van der Waals surface area contributed by atoms with E-state index in [0.29, 0.717) is 17.6 Å². The minimum Gasteiger partial charge on any atom is -0.459 e. The molecule has 0 radical (unpaired) electrons. The average Bonchev–Trinajstić information content (AvgIpc) is 3.47. The molecule has 0 aromatic carbocycles. The fourth-order valence-electron chi connectivity index (χ4n) is 3.66. The Bertz CT molecular complexity index is 1050. The molecule has 30 heavy (non-hydrogen) atoms. The lowest BCUT2D eigenvalue weighted by Gasteiger charge is -2.34. The molecule has 11 heteroatoms. The van der Waals surface area contributed by atoms with Gasteiger partial charge in [0.15, 0.2) is 5.76 Å². The van der Waals surface area contributed by atoms with Crippen molar-refractivity contribution in [2.45, 2.75) is 25.6 Å². The zero-order chi connectivity index (χ0) is 21.3. The Morgan fingerprint density at radius 2 is 1.87 bits per heavy atom. The maximum Gasteiger partial charge on any atom is 0.333 e. The molecule has 4 heterocycles. The summed E-state index contributed by atoms with van der Waals surface area (Å²) in [6, 6.07) is 3.18. The van der Waals surface area contributed by atoms with Crippen molar-refractivity contribution < 1.29 is 23.1 Å². The van der Waals surface area contributed by atoms with Crippen molar-refractivity contribution in [1.29, 1.82) is 0 Å². The Balaban J connectivity index is 1.45. The molecule has 2 aliphatic heterocycles. The first-order chi connectivity index (χ1) is 14.5. The summed E-state index contributed by atoms with van der Waals surface area (Å²) < 4.78 is 26.2. The number of amides is 2. The van der Waals surface area contributed by atoms with Crippen LogP contribution in [0.15, 0.2) is 38.6 Å². The number of piperazine rings is 1. The van der Waals surface area contributed by atoms with Gasteiger partial charge < -0.3 is 19.0 Å². The fourth-order valence-corrected chi connectivity index (χ4v) is 3.66. The Labute approximate surface area is 170 Å². The average molecular weight is 420 g/mol. The van der Waals surface area contributed by atoms with E-state index in [1.54, 1.807) is 17.0 Å². The molecule has 0 aliphatic carbocycles.